The average Bonchev–Trinajstić information content (AvgIpc) is 3.21. The van der Waals surface area contributed by atoms with Crippen LogP contribution in [0.25, 0.3) is 0 Å². The van der Waals surface area contributed by atoms with Crippen LogP contribution in [-0.2, 0) is 24.3 Å². The van der Waals surface area contributed by atoms with Crippen LogP contribution in [-0.4, -0.2) is 49.0 Å². The van der Waals surface area contributed by atoms with Crippen molar-refractivity contribution in [3.63, 3.8) is 0 Å². The Hall–Kier alpha value is -3.73. The summed E-state index contributed by atoms with van der Waals surface area (Å²) in [5, 5.41) is 12.8. The number of rotatable bonds is 12. The first kappa shape index (κ1) is 23.9. The molecule has 0 radical (unpaired) electrons. The quantitative estimate of drug-likeness (QED) is 0.380. The largest absolute Gasteiger partial charge is 0.462 e. The van der Waals surface area contributed by atoms with Crippen LogP contribution in [0.4, 0.5) is 14.6 Å². The molecular weight excluding hydrogens is 436 g/mol. The Morgan fingerprint density at radius 1 is 1.09 bits per heavy atom. The van der Waals surface area contributed by atoms with E-state index in [2.05, 4.69) is 25.8 Å². The molecule has 0 unspecified atom stereocenters. The highest BCUT2D eigenvalue weighted by atomic mass is 19.1. The number of nitrogens with one attached hydrogen (secondary N) is 3. The summed E-state index contributed by atoms with van der Waals surface area (Å²) in [7, 11) is 3.31. The van der Waals surface area contributed by atoms with Gasteiger partial charge in [0.05, 0.1) is 24.4 Å². The van der Waals surface area contributed by atoms with Crippen LogP contribution in [0.15, 0.2) is 36.5 Å². The Kier molecular flexibility index (Phi) is 8.53. The van der Waals surface area contributed by atoms with Crippen molar-refractivity contribution in [1.29, 1.82) is 0 Å². The Morgan fingerprint density at radius 2 is 1.82 bits per heavy atom. The third-order valence-electron chi connectivity index (χ3n) is 4.89. The molecule has 0 saturated heterocycles. The van der Waals surface area contributed by atoms with E-state index in [0.29, 0.717) is 29.1 Å². The first-order valence-electron chi connectivity index (χ1n) is 10.1. The number of ether oxygens (including phenoxy) is 3. The van der Waals surface area contributed by atoms with E-state index >= 15 is 0 Å². The number of alkyl halides is 2. The summed E-state index contributed by atoms with van der Waals surface area (Å²) in [6, 6.07) is 8.25. The van der Waals surface area contributed by atoms with E-state index in [1.165, 1.54) is 18.2 Å². The minimum atomic E-state index is -1.08. The zero-order valence-corrected chi connectivity index (χ0v) is 18.3. The van der Waals surface area contributed by atoms with Crippen LogP contribution in [0.2, 0.25) is 0 Å². The predicted octanol–water partition coefficient (Wildman–Crippen LogP) is 3.13. The number of benzene rings is 1. The maximum Gasteiger partial charge on any atom is 0.272 e. The fraction of sp³-hybridized carbons (Fsp3) is 0.318. The minimum absolute atomic E-state index is 0.0924. The molecule has 2 heterocycles. The summed E-state index contributed by atoms with van der Waals surface area (Å²) in [4.78, 5) is 17.3. The molecule has 0 aliphatic carbocycles. The van der Waals surface area contributed by atoms with Gasteiger partial charge in [0.2, 0.25) is 13.7 Å². The molecule has 0 aliphatic heterocycles. The van der Waals surface area contributed by atoms with Gasteiger partial charge in [0.15, 0.2) is 5.69 Å². The monoisotopic (exact) mass is 461 g/mol. The maximum absolute atomic E-state index is 13.0. The van der Waals surface area contributed by atoms with Gasteiger partial charge in [-0.1, -0.05) is 12.1 Å². The standard InChI is InChI=1S/C22H25F2N5O4/c1-25-21-14(5-4-8-26-21)9-15-17(11-31-2)28-29-20(15)22(30)27-10-16-18(32-12-23)6-3-7-19(16)33-13-24/h3-8H,9-13H2,1-2H3,(H,25,26)(H,27,30)(H,28,29). The molecule has 1 aromatic carbocycles. The Balaban J connectivity index is 1.86. The highest BCUT2D eigenvalue weighted by Crippen LogP contribution is 2.29. The second-order valence-corrected chi connectivity index (χ2v) is 6.82. The number of carbonyl (C=O) groups excluding carboxylic acids is 1. The van der Waals surface area contributed by atoms with Gasteiger partial charge >= 0.3 is 0 Å². The van der Waals surface area contributed by atoms with E-state index in [1.807, 2.05) is 6.07 Å². The number of nitrogens with zero attached hydrogens (tertiary/aromatic N) is 2. The van der Waals surface area contributed by atoms with Crippen molar-refractivity contribution >= 4 is 11.7 Å². The number of aromatic nitrogens is 3. The van der Waals surface area contributed by atoms with Crippen LogP contribution in [0.3, 0.4) is 0 Å². The SMILES string of the molecule is CNc1ncccc1Cc1c(C(=O)NCc2c(OCF)cccc2OCF)n[nH]c1COC. The summed E-state index contributed by atoms with van der Waals surface area (Å²) < 4.78 is 40.7. The summed E-state index contributed by atoms with van der Waals surface area (Å²) in [5.74, 6) is 0.471. The lowest BCUT2D eigenvalue weighted by Crippen LogP contribution is -2.25. The van der Waals surface area contributed by atoms with Crippen molar-refractivity contribution in [3.05, 3.63) is 64.6 Å². The molecule has 3 aromatic rings. The van der Waals surface area contributed by atoms with Crippen molar-refractivity contribution in [2.75, 3.05) is 33.2 Å². The average molecular weight is 461 g/mol. The van der Waals surface area contributed by atoms with Gasteiger partial charge in [0.25, 0.3) is 5.91 Å². The number of hydrogen-bond donors (Lipinski definition) is 3. The number of H-pyrrole nitrogens is 1. The molecule has 11 heteroatoms. The van der Waals surface area contributed by atoms with Crippen molar-refractivity contribution in [2.45, 2.75) is 19.6 Å². The molecule has 0 atom stereocenters. The number of aromatic amines is 1. The lowest BCUT2D eigenvalue weighted by atomic mass is 10.0. The number of pyridine rings is 1. The highest BCUT2D eigenvalue weighted by molar-refractivity contribution is 5.94. The lowest BCUT2D eigenvalue weighted by molar-refractivity contribution is 0.0944. The normalized spacial score (nSPS) is 10.7. The van der Waals surface area contributed by atoms with Crippen molar-refractivity contribution < 1.29 is 27.8 Å². The fourth-order valence-electron chi connectivity index (χ4n) is 3.40. The molecule has 0 saturated carbocycles. The van der Waals surface area contributed by atoms with Crippen LogP contribution < -0.4 is 20.1 Å². The van der Waals surface area contributed by atoms with Gasteiger partial charge in [0, 0.05) is 32.3 Å². The van der Waals surface area contributed by atoms with E-state index in [4.69, 9.17) is 14.2 Å². The maximum atomic E-state index is 13.0. The number of anilines is 1. The molecule has 0 bridgehead atoms. The molecule has 1 amide bonds. The molecule has 0 fully saturated rings. The summed E-state index contributed by atoms with van der Waals surface area (Å²) >= 11 is 0. The van der Waals surface area contributed by atoms with Crippen LogP contribution in [0, 0.1) is 0 Å². The molecule has 2 aromatic heterocycles. The van der Waals surface area contributed by atoms with Gasteiger partial charge in [-0.05, 0) is 23.8 Å². The Morgan fingerprint density at radius 3 is 2.45 bits per heavy atom. The summed E-state index contributed by atoms with van der Waals surface area (Å²) in [6.07, 6.45) is 2.04. The number of methoxy groups -OCH3 is 1. The highest BCUT2D eigenvalue weighted by Gasteiger charge is 2.22. The van der Waals surface area contributed by atoms with E-state index in [9.17, 15) is 13.6 Å². The van der Waals surface area contributed by atoms with Gasteiger partial charge in [0.1, 0.15) is 17.3 Å². The molecule has 33 heavy (non-hydrogen) atoms. The van der Waals surface area contributed by atoms with Crippen LogP contribution in [0.5, 0.6) is 11.5 Å². The lowest BCUT2D eigenvalue weighted by Gasteiger charge is -2.14. The van der Waals surface area contributed by atoms with E-state index in [-0.39, 0.29) is 30.3 Å². The Bertz CT molecular complexity index is 1050. The van der Waals surface area contributed by atoms with Gasteiger partial charge in [-0.25, -0.2) is 13.8 Å². The molecular formula is C22H25F2N5O4. The molecule has 176 valence electrons. The van der Waals surface area contributed by atoms with E-state index < -0.39 is 19.6 Å². The summed E-state index contributed by atoms with van der Waals surface area (Å²) in [6.45, 7) is -2.02. The zero-order valence-electron chi connectivity index (χ0n) is 18.3. The number of halogens is 2. The molecule has 3 rings (SSSR count). The summed E-state index contributed by atoms with van der Waals surface area (Å²) in [5.41, 5.74) is 2.64. The predicted molar refractivity (Wildman–Crippen MR) is 117 cm³/mol. The van der Waals surface area contributed by atoms with Gasteiger partial charge in [-0.15, -0.1) is 0 Å². The van der Waals surface area contributed by atoms with Crippen molar-refractivity contribution in [3.8, 4) is 11.5 Å². The minimum Gasteiger partial charge on any atom is -0.462 e. The van der Waals surface area contributed by atoms with Crippen LogP contribution in [0.1, 0.15) is 32.9 Å². The smallest absolute Gasteiger partial charge is 0.272 e. The first-order chi connectivity index (χ1) is 16.1. The fourth-order valence-corrected chi connectivity index (χ4v) is 3.40. The van der Waals surface area contributed by atoms with E-state index in [1.54, 1.807) is 26.4 Å². The van der Waals surface area contributed by atoms with Gasteiger partial charge in [-0.2, -0.15) is 5.10 Å². The molecule has 0 spiro atoms. The topological polar surface area (TPSA) is 110 Å². The van der Waals surface area contributed by atoms with Crippen molar-refractivity contribution in [1.82, 2.24) is 20.5 Å². The molecule has 9 nitrogen and oxygen atoms in total. The third kappa shape index (κ3) is 5.75. The van der Waals surface area contributed by atoms with Crippen LogP contribution >= 0.6 is 0 Å². The zero-order chi connectivity index (χ0) is 23.6. The van der Waals surface area contributed by atoms with Gasteiger partial charge < -0.3 is 24.8 Å². The van der Waals surface area contributed by atoms with Gasteiger partial charge in [-0.3, -0.25) is 9.89 Å². The number of hydrogen-bond acceptors (Lipinski definition) is 7. The molecule has 0 aliphatic rings. The Labute approximate surface area is 189 Å². The van der Waals surface area contributed by atoms with Crippen molar-refractivity contribution in [2.24, 2.45) is 0 Å². The second-order valence-electron chi connectivity index (χ2n) is 6.82. The number of carbonyl (C=O) groups is 1. The second kappa shape index (κ2) is 11.8. The third-order valence-corrected chi connectivity index (χ3v) is 4.89. The molecule has 3 N–H and O–H groups in total. The first-order valence-corrected chi connectivity index (χ1v) is 10.1. The van der Waals surface area contributed by atoms with E-state index in [0.717, 1.165) is 5.56 Å². The number of amides is 1.